The fourth-order valence-electron chi connectivity index (χ4n) is 2.57. The van der Waals surface area contributed by atoms with Crippen molar-refractivity contribution in [2.45, 2.75) is 53.5 Å². The van der Waals surface area contributed by atoms with Gasteiger partial charge >= 0.3 is 0 Å². The van der Waals surface area contributed by atoms with Gasteiger partial charge in [-0.15, -0.1) is 0 Å². The van der Waals surface area contributed by atoms with Crippen LogP contribution in [0.5, 0.6) is 0 Å². The number of aryl methyl sites for hydroxylation is 1. The number of rotatable bonds is 4. The lowest BCUT2D eigenvalue weighted by Crippen LogP contribution is -2.48. The molecule has 0 aliphatic carbocycles. The van der Waals surface area contributed by atoms with E-state index in [2.05, 4.69) is 26.1 Å². The molecule has 1 aromatic carbocycles. The lowest BCUT2D eigenvalue weighted by atomic mass is 9.81. The molecule has 0 spiro atoms. The van der Waals surface area contributed by atoms with Crippen molar-refractivity contribution in [2.75, 3.05) is 0 Å². The predicted molar refractivity (Wildman–Crippen MR) is 81.8 cm³/mol. The Labute approximate surface area is 121 Å². The number of ketones is 1. The molecule has 1 aromatic rings. The van der Waals surface area contributed by atoms with Gasteiger partial charge < -0.3 is 5.32 Å². The number of hydrogen-bond donors (Lipinski definition) is 1. The molecular weight excluding hydrogens is 250 g/mol. The maximum Gasteiger partial charge on any atom is 0.292 e. The minimum absolute atomic E-state index is 0.0870. The molecule has 0 fully saturated rings. The van der Waals surface area contributed by atoms with E-state index in [0.717, 1.165) is 12.0 Å². The van der Waals surface area contributed by atoms with Crippen LogP contribution in [0, 0.1) is 12.3 Å². The zero-order chi connectivity index (χ0) is 15.6. The minimum atomic E-state index is -0.539. The number of carbonyl (C=O) groups excluding carboxylic acids is 2. The predicted octanol–water partition coefficient (Wildman–Crippen LogP) is 3.51. The first-order chi connectivity index (χ1) is 9.00. The highest BCUT2D eigenvalue weighted by Crippen LogP contribution is 2.26. The van der Waals surface area contributed by atoms with Gasteiger partial charge in [0.2, 0.25) is 5.78 Å². The molecule has 0 atom stereocenters. The van der Waals surface area contributed by atoms with E-state index in [1.165, 1.54) is 0 Å². The molecule has 1 amide bonds. The summed E-state index contributed by atoms with van der Waals surface area (Å²) in [6.45, 7) is 12.2. The quantitative estimate of drug-likeness (QED) is 0.675. The average molecular weight is 275 g/mol. The third kappa shape index (κ3) is 5.16. The number of carbonyl (C=O) groups is 2. The van der Waals surface area contributed by atoms with Crippen LogP contribution in [0.3, 0.4) is 0 Å². The maximum atomic E-state index is 12.1. The Balaban J connectivity index is 2.75. The zero-order valence-corrected chi connectivity index (χ0v) is 13.3. The topological polar surface area (TPSA) is 46.2 Å². The Morgan fingerprint density at radius 1 is 1.00 bits per heavy atom. The van der Waals surface area contributed by atoms with Crippen LogP contribution in [0.15, 0.2) is 24.3 Å². The van der Waals surface area contributed by atoms with Crippen LogP contribution < -0.4 is 5.32 Å². The van der Waals surface area contributed by atoms with E-state index in [1.807, 2.05) is 32.9 Å². The molecular formula is C17H25NO2. The first-order valence-corrected chi connectivity index (χ1v) is 6.94. The summed E-state index contributed by atoms with van der Waals surface area (Å²) in [4.78, 5) is 24.2. The van der Waals surface area contributed by atoms with Gasteiger partial charge in [-0.3, -0.25) is 9.59 Å². The Hall–Kier alpha value is -1.64. The molecule has 0 saturated carbocycles. The van der Waals surface area contributed by atoms with Gasteiger partial charge in [-0.2, -0.15) is 0 Å². The molecule has 0 aliphatic rings. The summed E-state index contributed by atoms with van der Waals surface area (Å²) in [6.07, 6.45) is 0.799. The molecule has 0 aliphatic heterocycles. The molecule has 20 heavy (non-hydrogen) atoms. The van der Waals surface area contributed by atoms with Gasteiger partial charge in [-0.05, 0) is 32.6 Å². The van der Waals surface area contributed by atoms with Gasteiger partial charge in [-0.25, -0.2) is 0 Å². The fraction of sp³-hybridized carbons (Fsp3) is 0.529. The van der Waals surface area contributed by atoms with Crippen molar-refractivity contribution in [3.8, 4) is 0 Å². The van der Waals surface area contributed by atoms with Crippen LogP contribution >= 0.6 is 0 Å². The molecule has 110 valence electrons. The van der Waals surface area contributed by atoms with Crippen LogP contribution in [-0.2, 0) is 4.79 Å². The first kappa shape index (κ1) is 16.4. The molecule has 0 saturated heterocycles. The summed E-state index contributed by atoms with van der Waals surface area (Å²) < 4.78 is 0. The van der Waals surface area contributed by atoms with Crippen molar-refractivity contribution in [3.05, 3.63) is 35.4 Å². The van der Waals surface area contributed by atoms with E-state index in [9.17, 15) is 9.59 Å². The second kappa shape index (κ2) is 5.78. The van der Waals surface area contributed by atoms with Crippen LogP contribution in [0.25, 0.3) is 0 Å². The minimum Gasteiger partial charge on any atom is -0.344 e. The SMILES string of the molecule is Cc1ccc(C(=O)C(=O)NC(C)(C)CC(C)(C)C)cc1. The van der Waals surface area contributed by atoms with Crippen LogP contribution in [0.2, 0.25) is 0 Å². The second-order valence-electron chi connectivity index (χ2n) is 7.27. The molecule has 3 nitrogen and oxygen atoms in total. The third-order valence-corrected chi connectivity index (χ3v) is 2.94. The number of hydrogen-bond acceptors (Lipinski definition) is 2. The van der Waals surface area contributed by atoms with E-state index in [1.54, 1.807) is 12.1 Å². The highest BCUT2D eigenvalue weighted by atomic mass is 16.2. The molecule has 1 N–H and O–H groups in total. The van der Waals surface area contributed by atoms with Crippen LogP contribution in [0.4, 0.5) is 0 Å². The Morgan fingerprint density at radius 3 is 1.95 bits per heavy atom. The van der Waals surface area contributed by atoms with E-state index in [4.69, 9.17) is 0 Å². The second-order valence-corrected chi connectivity index (χ2v) is 7.27. The van der Waals surface area contributed by atoms with Gasteiger partial charge in [0.05, 0.1) is 0 Å². The molecule has 1 rings (SSSR count). The van der Waals surface area contributed by atoms with Crippen molar-refractivity contribution < 1.29 is 9.59 Å². The summed E-state index contributed by atoms with van der Waals surface area (Å²) in [7, 11) is 0. The van der Waals surface area contributed by atoms with Crippen LogP contribution in [-0.4, -0.2) is 17.2 Å². The molecule has 0 bridgehead atoms. The maximum absolute atomic E-state index is 12.1. The Bertz CT molecular complexity index is 493. The zero-order valence-electron chi connectivity index (χ0n) is 13.3. The number of amides is 1. The average Bonchev–Trinajstić information content (AvgIpc) is 2.24. The van der Waals surface area contributed by atoms with Crippen molar-refractivity contribution >= 4 is 11.7 Å². The van der Waals surface area contributed by atoms with Gasteiger partial charge in [-0.1, -0.05) is 50.6 Å². The number of benzene rings is 1. The van der Waals surface area contributed by atoms with E-state index >= 15 is 0 Å². The summed E-state index contributed by atoms with van der Waals surface area (Å²) >= 11 is 0. The molecule has 3 heteroatoms. The van der Waals surface area contributed by atoms with Crippen molar-refractivity contribution in [1.82, 2.24) is 5.32 Å². The molecule has 0 radical (unpaired) electrons. The largest absolute Gasteiger partial charge is 0.344 e. The number of nitrogens with one attached hydrogen (secondary N) is 1. The molecule has 0 aromatic heterocycles. The van der Waals surface area contributed by atoms with E-state index in [0.29, 0.717) is 5.56 Å². The van der Waals surface area contributed by atoms with Gasteiger partial charge in [0.15, 0.2) is 0 Å². The highest BCUT2D eigenvalue weighted by Gasteiger charge is 2.29. The van der Waals surface area contributed by atoms with Gasteiger partial charge in [0, 0.05) is 11.1 Å². The lowest BCUT2D eigenvalue weighted by molar-refractivity contribution is -0.118. The van der Waals surface area contributed by atoms with Crippen molar-refractivity contribution in [2.24, 2.45) is 5.41 Å². The van der Waals surface area contributed by atoms with Crippen molar-refractivity contribution in [1.29, 1.82) is 0 Å². The van der Waals surface area contributed by atoms with E-state index in [-0.39, 0.29) is 5.41 Å². The summed E-state index contributed by atoms with van der Waals surface area (Å²) in [6, 6.07) is 7.05. The Morgan fingerprint density at radius 2 is 1.50 bits per heavy atom. The normalized spacial score (nSPS) is 12.1. The first-order valence-electron chi connectivity index (χ1n) is 6.94. The van der Waals surface area contributed by atoms with E-state index < -0.39 is 17.2 Å². The summed E-state index contributed by atoms with van der Waals surface area (Å²) in [5.41, 5.74) is 1.18. The fourth-order valence-corrected chi connectivity index (χ4v) is 2.57. The van der Waals surface area contributed by atoms with Gasteiger partial charge in [0.25, 0.3) is 5.91 Å². The van der Waals surface area contributed by atoms with Crippen molar-refractivity contribution in [3.63, 3.8) is 0 Å². The standard InChI is InChI=1S/C17H25NO2/c1-12-7-9-13(10-8-12)14(19)15(20)18-17(5,6)11-16(2,3)4/h7-10H,11H2,1-6H3,(H,18,20). The number of Topliss-reactive ketones (excluding diaryl/α,β-unsaturated/α-hetero) is 1. The van der Waals surface area contributed by atoms with Crippen LogP contribution in [0.1, 0.15) is 57.0 Å². The smallest absolute Gasteiger partial charge is 0.292 e. The highest BCUT2D eigenvalue weighted by molar-refractivity contribution is 6.42. The molecule has 0 unspecified atom stereocenters. The molecule has 0 heterocycles. The summed E-state index contributed by atoms with van der Waals surface area (Å²) in [5.74, 6) is -1.02. The Kier molecular flexibility index (Phi) is 4.74. The third-order valence-electron chi connectivity index (χ3n) is 2.94. The summed E-state index contributed by atoms with van der Waals surface area (Å²) in [5, 5.41) is 2.84. The lowest BCUT2D eigenvalue weighted by Gasteiger charge is -2.33. The van der Waals surface area contributed by atoms with Gasteiger partial charge in [0.1, 0.15) is 0 Å². The monoisotopic (exact) mass is 275 g/mol.